The van der Waals surface area contributed by atoms with E-state index < -0.39 is 0 Å². The Morgan fingerprint density at radius 1 is 0.200 bits per heavy atom. The maximum atomic E-state index is 5.72. The molecule has 0 rings (SSSR count). The molecule has 0 amide bonds. The van der Waals surface area contributed by atoms with E-state index in [1.807, 2.05) is 90.0 Å². The van der Waals surface area contributed by atoms with Crippen molar-refractivity contribution in [3.63, 3.8) is 0 Å². The van der Waals surface area contributed by atoms with Crippen LogP contribution in [0.3, 0.4) is 0 Å². The van der Waals surface area contributed by atoms with Crippen molar-refractivity contribution >= 4 is 0 Å². The molecule has 0 saturated heterocycles. The SMILES string of the molecule is CC(C)COCC(C)OC(C)(C)C.CC(C)COCCOC(C)(C)C.CC(C)COCCOCC(C)OC(C)(C)C.CC(C)COCCOCCOC(C)(C)C.CCCOCC(C)OC(C)(C)C.CCCOCCOCC(C)OC(C)(C)C.COCCOCCOC(C)(C)C. The van der Waals surface area contributed by atoms with Crippen molar-refractivity contribution in [1.82, 2.24) is 0 Å². The summed E-state index contributed by atoms with van der Waals surface area (Å²) in [4.78, 5) is 0. The average molecular weight is 1380 g/mol. The van der Waals surface area contributed by atoms with Gasteiger partial charge in [-0.1, -0.05) is 69.2 Å². The molecule has 0 fully saturated rings. The Morgan fingerprint density at radius 2 is 0.379 bits per heavy atom. The fraction of sp³-hybridized carbons (Fsp3) is 1.00. The summed E-state index contributed by atoms with van der Waals surface area (Å²) in [6, 6.07) is 0. The largest absolute Gasteiger partial charge is 0.382 e. The van der Waals surface area contributed by atoms with E-state index in [9.17, 15) is 0 Å². The van der Waals surface area contributed by atoms with E-state index in [0.717, 1.165) is 52.5 Å². The van der Waals surface area contributed by atoms with Gasteiger partial charge in [-0.25, -0.2) is 0 Å². The summed E-state index contributed by atoms with van der Waals surface area (Å²) < 4.78 is 97.8. The van der Waals surface area contributed by atoms with Crippen LogP contribution in [0.25, 0.3) is 0 Å². The lowest BCUT2D eigenvalue weighted by molar-refractivity contribution is -0.0890. The van der Waals surface area contributed by atoms with E-state index in [1.54, 1.807) is 7.11 Å². The van der Waals surface area contributed by atoms with Crippen molar-refractivity contribution in [2.24, 2.45) is 23.7 Å². The van der Waals surface area contributed by atoms with Gasteiger partial charge in [0.2, 0.25) is 0 Å². The van der Waals surface area contributed by atoms with Gasteiger partial charge < -0.3 is 85.3 Å². The van der Waals surface area contributed by atoms with Gasteiger partial charge >= 0.3 is 0 Å². The highest BCUT2D eigenvalue weighted by Crippen LogP contribution is 2.15. The van der Waals surface area contributed by atoms with Crippen LogP contribution in [0.2, 0.25) is 0 Å². The van der Waals surface area contributed by atoms with Gasteiger partial charge in [0.15, 0.2) is 0 Å². The molecule has 0 saturated carbocycles. The first kappa shape index (κ1) is 108. The van der Waals surface area contributed by atoms with Crippen molar-refractivity contribution in [1.29, 1.82) is 0 Å². The molecule has 4 unspecified atom stereocenters. The lowest BCUT2D eigenvalue weighted by Gasteiger charge is -2.25. The van der Waals surface area contributed by atoms with Gasteiger partial charge in [-0.2, -0.15) is 0 Å². The van der Waals surface area contributed by atoms with Crippen LogP contribution in [-0.4, -0.2) is 229 Å². The molecule has 0 aromatic rings. The zero-order chi connectivity index (χ0) is 75.2. The second kappa shape index (κ2) is 66.5. The minimum atomic E-state index is -0.100. The highest BCUT2D eigenvalue weighted by atomic mass is 16.6. The van der Waals surface area contributed by atoms with Gasteiger partial charge in [-0.05, 0) is 210 Å². The van der Waals surface area contributed by atoms with Crippen LogP contribution >= 0.6 is 0 Å². The lowest BCUT2D eigenvalue weighted by atomic mass is 10.2. The van der Waals surface area contributed by atoms with Crippen LogP contribution in [-0.2, 0) is 85.3 Å². The number of hydrogen-bond acceptors (Lipinski definition) is 18. The number of hydrogen-bond donors (Lipinski definition) is 0. The number of methoxy groups -OCH3 is 1. The fourth-order valence-electron chi connectivity index (χ4n) is 7.04. The second-order valence-corrected chi connectivity index (χ2v) is 32.4. The molecule has 0 aliphatic heterocycles. The molecule has 4 atom stereocenters. The molecule has 0 heterocycles. The Hall–Kier alpha value is -0.720. The van der Waals surface area contributed by atoms with Crippen molar-refractivity contribution in [2.45, 2.75) is 319 Å². The van der Waals surface area contributed by atoms with Gasteiger partial charge in [-0.3, -0.25) is 0 Å². The Balaban J connectivity index is -0.000000191. The lowest BCUT2D eigenvalue weighted by Crippen LogP contribution is -2.29. The second-order valence-electron chi connectivity index (χ2n) is 32.4. The van der Waals surface area contributed by atoms with Gasteiger partial charge in [-0.15, -0.1) is 0 Å². The van der Waals surface area contributed by atoms with Crippen LogP contribution in [0.4, 0.5) is 0 Å². The fourth-order valence-corrected chi connectivity index (χ4v) is 7.04. The van der Waals surface area contributed by atoms with Crippen molar-refractivity contribution < 1.29 is 85.3 Å². The molecule has 0 bridgehead atoms. The first-order chi connectivity index (χ1) is 43.4. The molecule has 0 radical (unpaired) electrons. The predicted octanol–water partition coefficient (Wildman–Crippen LogP) is 17.4. The molecular weight excluding hydrogens is 1210 g/mol. The van der Waals surface area contributed by atoms with Crippen LogP contribution in [0.1, 0.15) is 255 Å². The molecule has 584 valence electrons. The average Bonchev–Trinajstić information content (AvgIpc) is 2.81. The Bertz CT molecular complexity index is 1480. The third-order valence-corrected chi connectivity index (χ3v) is 9.97. The summed E-state index contributed by atoms with van der Waals surface area (Å²) in [5.41, 5.74) is -0.503. The minimum Gasteiger partial charge on any atom is -0.382 e. The molecule has 0 spiro atoms. The zero-order valence-electron chi connectivity index (χ0n) is 69.9. The van der Waals surface area contributed by atoms with E-state index in [1.165, 1.54) is 0 Å². The molecule has 18 heteroatoms. The minimum absolute atomic E-state index is 0.0405. The maximum absolute atomic E-state index is 5.72. The summed E-state index contributed by atoms with van der Waals surface area (Å²) in [7, 11) is 1.66. The molecule has 0 aromatic carbocycles. The van der Waals surface area contributed by atoms with Crippen molar-refractivity contribution in [3.05, 3.63) is 0 Å². The van der Waals surface area contributed by atoms with Crippen molar-refractivity contribution in [3.8, 4) is 0 Å². The van der Waals surface area contributed by atoms with Crippen molar-refractivity contribution in [2.75, 3.05) is 166 Å². The molecule has 0 aliphatic carbocycles. The standard InChI is InChI=1S/C13H28O3.2C12H26O3.C11H24O2.2C10H22O2.C9H20O3/c1-11(2)9-14-7-8-15-10-12(3)16-13(4,5)6;1-11(2)10-14-7-6-13-8-9-15-12(3,4)5;1-6-7-13-8-9-14-10-11(2)15-12(3,4)5;1-9(2)7-12-8-10(3)13-11(4,5)6;1-9(2)8-11-6-7-12-10(3,4)5;1-6-7-11-8-9(2)12-10(3,4)5;1-9(2,3)12-8-7-11-6-5-10-4/h11-12H,7-10H2,1-6H3;2*11H,6-10H2,1-5H3;9-10H,7-8H2,1-6H3;2*9H,6-8H2,1-5H3;5-8H2,1-4H3. The van der Waals surface area contributed by atoms with Gasteiger partial charge in [0.25, 0.3) is 0 Å². The smallest absolute Gasteiger partial charge is 0.0787 e. The van der Waals surface area contributed by atoms with Crippen LogP contribution in [0.15, 0.2) is 0 Å². The van der Waals surface area contributed by atoms with E-state index in [2.05, 4.69) is 152 Å². The summed E-state index contributed by atoms with van der Waals surface area (Å²) in [5, 5.41) is 0. The highest BCUT2D eigenvalue weighted by molar-refractivity contribution is 4.66. The van der Waals surface area contributed by atoms with E-state index >= 15 is 0 Å². The summed E-state index contributed by atoms with van der Waals surface area (Å²) in [6.45, 7) is 89.3. The van der Waals surface area contributed by atoms with Gasteiger partial charge in [0, 0.05) is 46.8 Å². The Kier molecular flexibility index (Phi) is 75.4. The molecular formula is C77H168O18. The molecule has 95 heavy (non-hydrogen) atoms. The van der Waals surface area contributed by atoms with Gasteiger partial charge in [0.1, 0.15) is 0 Å². The molecule has 0 aliphatic rings. The normalized spacial score (nSPS) is 13.6. The van der Waals surface area contributed by atoms with Gasteiger partial charge in [0.05, 0.1) is 183 Å². The third-order valence-electron chi connectivity index (χ3n) is 9.97. The highest BCUT2D eigenvalue weighted by Gasteiger charge is 2.19. The first-order valence-corrected chi connectivity index (χ1v) is 36.3. The van der Waals surface area contributed by atoms with E-state index in [0.29, 0.717) is 143 Å². The Morgan fingerprint density at radius 3 is 0.611 bits per heavy atom. The monoisotopic (exact) mass is 1380 g/mol. The summed E-state index contributed by atoms with van der Waals surface area (Å²) >= 11 is 0. The van der Waals surface area contributed by atoms with E-state index in [4.69, 9.17) is 85.3 Å². The zero-order valence-corrected chi connectivity index (χ0v) is 69.9. The molecule has 18 nitrogen and oxygen atoms in total. The number of ether oxygens (including phenoxy) is 18. The summed E-state index contributed by atoms with van der Waals surface area (Å²) in [6.07, 6.45) is 2.77. The quantitative estimate of drug-likeness (QED) is 0.0528. The maximum Gasteiger partial charge on any atom is 0.0787 e. The third kappa shape index (κ3) is 130. The Labute approximate surface area is 591 Å². The molecule has 0 aromatic heterocycles. The van der Waals surface area contributed by atoms with Crippen LogP contribution in [0, 0.1) is 23.7 Å². The van der Waals surface area contributed by atoms with Crippen LogP contribution < -0.4 is 0 Å². The van der Waals surface area contributed by atoms with Crippen LogP contribution in [0.5, 0.6) is 0 Å². The topological polar surface area (TPSA) is 166 Å². The van der Waals surface area contributed by atoms with E-state index in [-0.39, 0.29) is 63.6 Å². The first-order valence-electron chi connectivity index (χ1n) is 36.3. The predicted molar refractivity (Wildman–Crippen MR) is 398 cm³/mol. The number of rotatable bonds is 45. The molecule has 0 N–H and O–H groups in total. The summed E-state index contributed by atoms with van der Waals surface area (Å²) in [5.74, 6) is 2.39.